The van der Waals surface area contributed by atoms with Gasteiger partial charge in [0.05, 0.1) is 4.90 Å². The smallest absolute Gasteiger partial charge is 0.326 e. The van der Waals surface area contributed by atoms with Gasteiger partial charge in [-0.25, -0.2) is 13.2 Å². The van der Waals surface area contributed by atoms with Crippen molar-refractivity contribution in [2.24, 2.45) is 10.9 Å². The molecule has 1 aromatic rings. The molecule has 8 nitrogen and oxygen atoms in total. The van der Waals surface area contributed by atoms with E-state index in [-0.39, 0.29) is 35.5 Å². The highest BCUT2D eigenvalue weighted by Crippen LogP contribution is 2.22. The first-order valence-corrected chi connectivity index (χ1v) is 9.39. The maximum atomic E-state index is 11.9. The van der Waals surface area contributed by atoms with Crippen molar-refractivity contribution in [2.45, 2.75) is 37.6 Å². The van der Waals surface area contributed by atoms with Gasteiger partial charge in [-0.05, 0) is 24.5 Å². The molecule has 0 fully saturated rings. The molecule has 0 radical (unpaired) electrons. The number of carbonyl (C=O) groups is 2. The lowest BCUT2D eigenvalue weighted by atomic mass is 10.0. The van der Waals surface area contributed by atoms with Crippen molar-refractivity contribution in [1.29, 1.82) is 0 Å². The van der Waals surface area contributed by atoms with Crippen molar-refractivity contribution in [3.8, 4) is 0 Å². The molecule has 1 aromatic carbocycles. The van der Waals surface area contributed by atoms with E-state index >= 15 is 0 Å². The number of carboxylic acids is 1. The standard InChI is InChI=1S/C16H21N3O5S/c1-10(2)14(16(21)22)18-13(20)8-5-9-17-15-11-6-3-4-7-12(11)25(23,24)19-15/h3-4,6-7,10,14H,5,8-9H2,1-2H3,(H,17,19)(H,18,20)(H,21,22)/t14-/m0/s1. The van der Waals surface area contributed by atoms with Gasteiger partial charge in [-0.1, -0.05) is 26.0 Å². The van der Waals surface area contributed by atoms with E-state index in [0.29, 0.717) is 12.0 Å². The fourth-order valence-electron chi connectivity index (χ4n) is 2.44. The van der Waals surface area contributed by atoms with Gasteiger partial charge in [0.25, 0.3) is 10.0 Å². The Kier molecular flexibility index (Phi) is 5.78. The van der Waals surface area contributed by atoms with E-state index < -0.39 is 22.0 Å². The highest BCUT2D eigenvalue weighted by atomic mass is 32.2. The van der Waals surface area contributed by atoms with E-state index in [1.54, 1.807) is 32.0 Å². The lowest BCUT2D eigenvalue weighted by Crippen LogP contribution is -2.44. The molecule has 1 aliphatic rings. The van der Waals surface area contributed by atoms with Gasteiger partial charge in [-0.3, -0.25) is 14.5 Å². The molecule has 0 saturated heterocycles. The number of nitrogens with one attached hydrogen (secondary N) is 2. The summed E-state index contributed by atoms with van der Waals surface area (Å²) in [7, 11) is -3.57. The number of carboxylic acid groups (broad SMARTS) is 1. The van der Waals surface area contributed by atoms with Crippen molar-refractivity contribution < 1.29 is 23.1 Å². The van der Waals surface area contributed by atoms with Gasteiger partial charge in [0.2, 0.25) is 5.91 Å². The molecule has 2 rings (SSSR count). The molecule has 0 spiro atoms. The minimum Gasteiger partial charge on any atom is -0.480 e. The van der Waals surface area contributed by atoms with Crippen LogP contribution in [0.4, 0.5) is 0 Å². The van der Waals surface area contributed by atoms with Gasteiger partial charge < -0.3 is 10.4 Å². The monoisotopic (exact) mass is 367 g/mol. The first kappa shape index (κ1) is 18.9. The van der Waals surface area contributed by atoms with Crippen LogP contribution in [0.25, 0.3) is 0 Å². The van der Waals surface area contributed by atoms with Crippen LogP contribution >= 0.6 is 0 Å². The first-order chi connectivity index (χ1) is 11.7. The number of nitrogens with zero attached hydrogens (tertiary/aromatic N) is 1. The highest BCUT2D eigenvalue weighted by molar-refractivity contribution is 7.90. The van der Waals surface area contributed by atoms with Crippen molar-refractivity contribution in [3.05, 3.63) is 29.8 Å². The third-order valence-corrected chi connectivity index (χ3v) is 5.14. The highest BCUT2D eigenvalue weighted by Gasteiger charge is 2.30. The number of amidine groups is 1. The van der Waals surface area contributed by atoms with E-state index in [4.69, 9.17) is 5.11 Å². The van der Waals surface area contributed by atoms with Crippen LogP contribution in [0.5, 0.6) is 0 Å². The summed E-state index contributed by atoms with van der Waals surface area (Å²) in [6.07, 6.45) is 0.491. The minimum absolute atomic E-state index is 0.113. The first-order valence-electron chi connectivity index (χ1n) is 7.91. The van der Waals surface area contributed by atoms with Gasteiger partial charge in [-0.2, -0.15) is 0 Å². The van der Waals surface area contributed by atoms with E-state index in [1.807, 2.05) is 0 Å². The van der Waals surface area contributed by atoms with Crippen LogP contribution in [-0.4, -0.2) is 43.8 Å². The zero-order valence-corrected chi connectivity index (χ0v) is 14.8. The van der Waals surface area contributed by atoms with Crippen LogP contribution in [0.1, 0.15) is 32.3 Å². The summed E-state index contributed by atoms with van der Waals surface area (Å²) >= 11 is 0. The lowest BCUT2D eigenvalue weighted by Gasteiger charge is -2.17. The maximum Gasteiger partial charge on any atom is 0.326 e. The predicted molar refractivity (Wildman–Crippen MR) is 91.8 cm³/mol. The maximum absolute atomic E-state index is 11.9. The zero-order valence-electron chi connectivity index (χ0n) is 14.0. The van der Waals surface area contributed by atoms with Gasteiger partial charge in [0.1, 0.15) is 11.9 Å². The zero-order chi connectivity index (χ0) is 18.6. The Bertz CT molecular complexity index is 802. The Morgan fingerprint density at radius 3 is 2.60 bits per heavy atom. The van der Waals surface area contributed by atoms with Crippen LogP contribution < -0.4 is 10.0 Å². The summed E-state index contributed by atoms with van der Waals surface area (Å²) in [6, 6.07) is 5.61. The molecule has 1 atom stereocenters. The van der Waals surface area contributed by atoms with Gasteiger partial charge in [0, 0.05) is 18.5 Å². The Morgan fingerprint density at radius 1 is 1.28 bits per heavy atom. The number of aliphatic carboxylic acids is 1. The number of fused-ring (bicyclic) bond motifs is 1. The van der Waals surface area contributed by atoms with E-state index in [2.05, 4.69) is 15.0 Å². The third-order valence-electron chi connectivity index (χ3n) is 3.74. The Labute approximate surface area is 146 Å². The number of sulfonamides is 1. The van der Waals surface area contributed by atoms with Crippen molar-refractivity contribution in [3.63, 3.8) is 0 Å². The van der Waals surface area contributed by atoms with Gasteiger partial charge >= 0.3 is 5.97 Å². The van der Waals surface area contributed by atoms with E-state index in [1.165, 1.54) is 6.07 Å². The molecule has 136 valence electrons. The molecule has 0 bridgehead atoms. The van der Waals surface area contributed by atoms with Crippen LogP contribution in [-0.2, 0) is 19.6 Å². The summed E-state index contributed by atoms with van der Waals surface area (Å²) in [4.78, 5) is 27.3. The normalized spacial score (nSPS) is 17.8. The average Bonchev–Trinajstić information content (AvgIpc) is 2.80. The molecule has 9 heteroatoms. The Morgan fingerprint density at radius 2 is 1.96 bits per heavy atom. The number of carbonyl (C=O) groups excluding carboxylic acids is 1. The molecule has 1 aliphatic heterocycles. The molecule has 0 saturated carbocycles. The number of hydrogen-bond acceptors (Lipinski definition) is 5. The quantitative estimate of drug-likeness (QED) is 0.613. The second-order valence-electron chi connectivity index (χ2n) is 6.06. The molecule has 0 unspecified atom stereocenters. The summed E-state index contributed by atoms with van der Waals surface area (Å²) in [5, 5.41) is 11.5. The fraction of sp³-hybridized carbons (Fsp3) is 0.438. The number of amides is 1. The largest absolute Gasteiger partial charge is 0.480 e. The number of aliphatic imine (C=N–C) groups is 1. The Balaban J connectivity index is 1.90. The van der Waals surface area contributed by atoms with Crippen LogP contribution in [0, 0.1) is 5.92 Å². The summed E-state index contributed by atoms with van der Waals surface area (Å²) in [5.74, 6) is -1.39. The second-order valence-corrected chi connectivity index (χ2v) is 7.71. The fourth-order valence-corrected chi connectivity index (χ4v) is 3.69. The summed E-state index contributed by atoms with van der Waals surface area (Å²) in [6.45, 7) is 3.68. The molecule has 0 aliphatic carbocycles. The summed E-state index contributed by atoms with van der Waals surface area (Å²) < 4.78 is 26.3. The van der Waals surface area contributed by atoms with Gasteiger partial charge in [-0.15, -0.1) is 0 Å². The second kappa shape index (κ2) is 7.64. The molecule has 3 N–H and O–H groups in total. The Hall–Kier alpha value is -2.42. The van der Waals surface area contributed by atoms with Crippen LogP contribution in [0.3, 0.4) is 0 Å². The van der Waals surface area contributed by atoms with Crippen LogP contribution in [0.15, 0.2) is 34.2 Å². The molecule has 25 heavy (non-hydrogen) atoms. The van der Waals surface area contributed by atoms with Crippen molar-refractivity contribution >= 4 is 27.7 Å². The van der Waals surface area contributed by atoms with Crippen molar-refractivity contribution in [2.75, 3.05) is 6.54 Å². The van der Waals surface area contributed by atoms with E-state index in [9.17, 15) is 18.0 Å². The van der Waals surface area contributed by atoms with Crippen LogP contribution in [0.2, 0.25) is 0 Å². The SMILES string of the molecule is CC(C)[C@H](NC(=O)CCCN=C1NS(=O)(=O)c2ccccc21)C(=O)O. The topological polar surface area (TPSA) is 125 Å². The van der Waals surface area contributed by atoms with Crippen molar-refractivity contribution in [1.82, 2.24) is 10.0 Å². The lowest BCUT2D eigenvalue weighted by molar-refractivity contribution is -0.143. The predicted octanol–water partition coefficient (Wildman–Crippen LogP) is 0.731. The average molecular weight is 367 g/mol. The number of hydrogen-bond donors (Lipinski definition) is 3. The molecular weight excluding hydrogens is 346 g/mol. The van der Waals surface area contributed by atoms with Gasteiger partial charge in [0.15, 0.2) is 0 Å². The number of rotatable bonds is 7. The third kappa shape index (κ3) is 4.56. The van der Waals surface area contributed by atoms with E-state index in [0.717, 1.165) is 0 Å². The number of benzene rings is 1. The molecular formula is C16H21N3O5S. The molecule has 1 heterocycles. The summed E-state index contributed by atoms with van der Waals surface area (Å²) in [5.41, 5.74) is 0.512. The minimum atomic E-state index is -3.57. The molecule has 0 aromatic heterocycles. The molecule has 1 amide bonds.